The van der Waals surface area contributed by atoms with E-state index in [0.717, 1.165) is 6.54 Å². The number of anilines is 3. The van der Waals surface area contributed by atoms with E-state index >= 15 is 0 Å². The molecule has 0 saturated heterocycles. The lowest BCUT2D eigenvalue weighted by Crippen LogP contribution is -2.27. The lowest BCUT2D eigenvalue weighted by molar-refractivity contribution is 0.267. The lowest BCUT2D eigenvalue weighted by Gasteiger charge is -2.22. The van der Waals surface area contributed by atoms with Crippen molar-refractivity contribution in [2.24, 2.45) is 5.92 Å². The zero-order valence-electron chi connectivity index (χ0n) is 11.3. The Morgan fingerprint density at radius 2 is 2.00 bits per heavy atom. The van der Waals surface area contributed by atoms with Crippen molar-refractivity contribution >= 4 is 17.6 Å². The van der Waals surface area contributed by atoms with Gasteiger partial charge in [-0.05, 0) is 19.3 Å². The normalized spacial score (nSPS) is 12.5. The van der Waals surface area contributed by atoms with E-state index in [9.17, 15) is 0 Å². The first kappa shape index (κ1) is 14.5. The largest absolute Gasteiger partial charge is 0.396 e. The molecular weight excluding hydrogens is 230 g/mol. The quantitative estimate of drug-likeness (QED) is 0.585. The number of nitrogens with two attached hydrogens (primary N) is 1. The summed E-state index contributed by atoms with van der Waals surface area (Å²) >= 11 is 0. The summed E-state index contributed by atoms with van der Waals surface area (Å²) in [6.45, 7) is 7.12. The van der Waals surface area contributed by atoms with E-state index < -0.39 is 0 Å². The molecule has 1 heterocycles. The van der Waals surface area contributed by atoms with Gasteiger partial charge in [0.2, 0.25) is 5.95 Å². The van der Waals surface area contributed by atoms with Crippen molar-refractivity contribution in [3.05, 3.63) is 6.07 Å². The molecule has 1 aromatic heterocycles. The number of aliphatic hydroxyl groups is 1. The second kappa shape index (κ2) is 7.00. The van der Waals surface area contributed by atoms with E-state index in [1.165, 1.54) is 0 Å². The molecule has 0 spiro atoms. The second-order valence-electron chi connectivity index (χ2n) is 4.53. The minimum atomic E-state index is 0.149. The van der Waals surface area contributed by atoms with E-state index in [0.29, 0.717) is 24.0 Å². The van der Waals surface area contributed by atoms with Gasteiger partial charge in [0.25, 0.3) is 0 Å². The average Bonchev–Trinajstić information content (AvgIpc) is 2.28. The van der Waals surface area contributed by atoms with Crippen LogP contribution in [-0.2, 0) is 0 Å². The number of nitrogens with zero attached hydrogens (tertiary/aromatic N) is 2. The molecule has 1 rings (SSSR count). The molecule has 1 aromatic rings. The third-order valence-corrected chi connectivity index (χ3v) is 2.68. The Morgan fingerprint density at radius 1 is 1.33 bits per heavy atom. The highest BCUT2D eigenvalue weighted by Crippen LogP contribution is 2.17. The highest BCUT2D eigenvalue weighted by molar-refractivity contribution is 5.51. The number of aliphatic hydroxyl groups excluding tert-OH is 1. The SMILES string of the molecule is CCNc1cc(NC(CCO)C(C)C)nc(N)n1. The van der Waals surface area contributed by atoms with Gasteiger partial charge in [-0.3, -0.25) is 0 Å². The number of rotatable bonds is 7. The first-order chi connectivity index (χ1) is 8.56. The van der Waals surface area contributed by atoms with E-state index in [1.807, 2.05) is 13.0 Å². The molecule has 18 heavy (non-hydrogen) atoms. The van der Waals surface area contributed by atoms with Crippen LogP contribution in [0.15, 0.2) is 6.07 Å². The van der Waals surface area contributed by atoms with Gasteiger partial charge in [0.05, 0.1) is 0 Å². The highest BCUT2D eigenvalue weighted by Gasteiger charge is 2.13. The molecule has 1 unspecified atom stereocenters. The number of hydrogen-bond donors (Lipinski definition) is 4. The molecule has 0 aliphatic carbocycles. The first-order valence-electron chi connectivity index (χ1n) is 6.32. The fraction of sp³-hybridized carbons (Fsp3) is 0.667. The van der Waals surface area contributed by atoms with Crippen LogP contribution in [0, 0.1) is 5.92 Å². The van der Waals surface area contributed by atoms with Crippen LogP contribution < -0.4 is 16.4 Å². The predicted octanol–water partition coefficient (Wildman–Crippen LogP) is 1.31. The average molecular weight is 253 g/mol. The number of aromatic nitrogens is 2. The Hall–Kier alpha value is -1.56. The molecule has 0 bridgehead atoms. The molecule has 0 aliphatic heterocycles. The van der Waals surface area contributed by atoms with Gasteiger partial charge in [-0.2, -0.15) is 9.97 Å². The van der Waals surface area contributed by atoms with Gasteiger partial charge >= 0.3 is 0 Å². The van der Waals surface area contributed by atoms with Gasteiger partial charge in [0.15, 0.2) is 0 Å². The molecule has 0 aromatic carbocycles. The first-order valence-corrected chi connectivity index (χ1v) is 6.32. The molecule has 0 saturated carbocycles. The Labute approximate surface area is 108 Å². The molecular formula is C12H23N5O. The van der Waals surface area contributed by atoms with Gasteiger partial charge in [-0.25, -0.2) is 0 Å². The Bertz CT molecular complexity index is 369. The molecule has 6 heteroatoms. The van der Waals surface area contributed by atoms with Crippen LogP contribution in [0.1, 0.15) is 27.2 Å². The molecule has 0 radical (unpaired) electrons. The van der Waals surface area contributed by atoms with Crippen LogP contribution in [0.5, 0.6) is 0 Å². The smallest absolute Gasteiger partial charge is 0.223 e. The van der Waals surface area contributed by atoms with Crippen LogP contribution in [0.2, 0.25) is 0 Å². The van der Waals surface area contributed by atoms with E-state index in [4.69, 9.17) is 10.8 Å². The van der Waals surface area contributed by atoms with Crippen LogP contribution in [-0.4, -0.2) is 34.3 Å². The standard InChI is InChI=1S/C12H23N5O/c1-4-14-10-7-11(17-12(13)16-10)15-9(5-6-18)8(2)3/h7-9,18H,4-6H2,1-3H3,(H4,13,14,15,16,17). The number of hydrogen-bond acceptors (Lipinski definition) is 6. The van der Waals surface area contributed by atoms with Crippen molar-refractivity contribution in [3.8, 4) is 0 Å². The summed E-state index contributed by atoms with van der Waals surface area (Å²) in [5, 5.41) is 15.4. The molecule has 0 amide bonds. The molecule has 0 aliphatic rings. The van der Waals surface area contributed by atoms with E-state index in [2.05, 4.69) is 34.4 Å². The zero-order chi connectivity index (χ0) is 13.5. The summed E-state index contributed by atoms with van der Waals surface area (Å²) in [5.74, 6) is 2.03. The van der Waals surface area contributed by atoms with Gasteiger partial charge in [0, 0.05) is 25.3 Å². The topological polar surface area (TPSA) is 96.1 Å². The maximum absolute atomic E-state index is 9.05. The maximum atomic E-state index is 9.05. The van der Waals surface area contributed by atoms with Crippen molar-refractivity contribution in [1.82, 2.24) is 9.97 Å². The molecule has 6 nitrogen and oxygen atoms in total. The third-order valence-electron chi connectivity index (χ3n) is 2.68. The van der Waals surface area contributed by atoms with Crippen molar-refractivity contribution in [1.29, 1.82) is 0 Å². The van der Waals surface area contributed by atoms with Gasteiger partial charge < -0.3 is 21.5 Å². The van der Waals surface area contributed by atoms with E-state index in [-0.39, 0.29) is 18.6 Å². The van der Waals surface area contributed by atoms with Crippen LogP contribution in [0.25, 0.3) is 0 Å². The van der Waals surface area contributed by atoms with Gasteiger partial charge in [-0.1, -0.05) is 13.8 Å². The number of nitrogen functional groups attached to an aromatic ring is 1. The van der Waals surface area contributed by atoms with Crippen molar-refractivity contribution in [2.45, 2.75) is 33.2 Å². The Kier molecular flexibility index (Phi) is 5.64. The maximum Gasteiger partial charge on any atom is 0.223 e. The lowest BCUT2D eigenvalue weighted by atomic mass is 10.0. The van der Waals surface area contributed by atoms with Crippen LogP contribution in [0.4, 0.5) is 17.6 Å². The summed E-state index contributed by atoms with van der Waals surface area (Å²) in [6.07, 6.45) is 0.679. The van der Waals surface area contributed by atoms with Crippen LogP contribution in [0.3, 0.4) is 0 Å². The van der Waals surface area contributed by atoms with Crippen molar-refractivity contribution in [2.75, 3.05) is 29.5 Å². The third kappa shape index (κ3) is 4.37. The summed E-state index contributed by atoms with van der Waals surface area (Å²) in [6, 6.07) is 1.99. The van der Waals surface area contributed by atoms with Crippen LogP contribution >= 0.6 is 0 Å². The van der Waals surface area contributed by atoms with Gasteiger partial charge in [-0.15, -0.1) is 0 Å². The summed E-state index contributed by atoms with van der Waals surface area (Å²) < 4.78 is 0. The summed E-state index contributed by atoms with van der Waals surface area (Å²) in [5.41, 5.74) is 5.66. The summed E-state index contributed by atoms with van der Waals surface area (Å²) in [7, 11) is 0. The van der Waals surface area contributed by atoms with Gasteiger partial charge in [0.1, 0.15) is 11.6 Å². The molecule has 102 valence electrons. The predicted molar refractivity (Wildman–Crippen MR) is 74.6 cm³/mol. The van der Waals surface area contributed by atoms with Crippen molar-refractivity contribution in [3.63, 3.8) is 0 Å². The van der Waals surface area contributed by atoms with E-state index in [1.54, 1.807) is 0 Å². The fourth-order valence-corrected chi connectivity index (χ4v) is 1.71. The highest BCUT2D eigenvalue weighted by atomic mass is 16.3. The van der Waals surface area contributed by atoms with Crippen molar-refractivity contribution < 1.29 is 5.11 Å². The molecule has 0 fully saturated rings. The fourth-order valence-electron chi connectivity index (χ4n) is 1.71. The Balaban J connectivity index is 2.81. The summed E-state index contributed by atoms with van der Waals surface area (Å²) in [4.78, 5) is 8.24. The molecule has 5 N–H and O–H groups in total. The number of nitrogens with one attached hydrogen (secondary N) is 2. The second-order valence-corrected chi connectivity index (χ2v) is 4.53. The molecule has 1 atom stereocenters. The zero-order valence-corrected chi connectivity index (χ0v) is 11.3. The minimum absolute atomic E-state index is 0.149. The minimum Gasteiger partial charge on any atom is -0.396 e. The monoisotopic (exact) mass is 253 g/mol. The Morgan fingerprint density at radius 3 is 2.56 bits per heavy atom.